The molecule has 2 aliphatic rings. The molecule has 3 heteroatoms. The van der Waals surface area contributed by atoms with Gasteiger partial charge in [-0.3, -0.25) is 4.79 Å². The van der Waals surface area contributed by atoms with Crippen LogP contribution in [0.3, 0.4) is 0 Å². The first-order valence-electron chi connectivity index (χ1n) is 6.25. The highest BCUT2D eigenvalue weighted by Gasteiger charge is 2.34. The van der Waals surface area contributed by atoms with Gasteiger partial charge in [-0.25, -0.2) is 0 Å². The highest BCUT2D eigenvalue weighted by Crippen LogP contribution is 2.44. The van der Waals surface area contributed by atoms with E-state index in [-0.39, 0.29) is 11.8 Å². The summed E-state index contributed by atoms with van der Waals surface area (Å²) in [6.07, 6.45) is 3.07. The summed E-state index contributed by atoms with van der Waals surface area (Å²) in [5, 5.41) is 0. The predicted octanol–water partition coefficient (Wildman–Crippen LogP) is 1.77. The van der Waals surface area contributed by atoms with Gasteiger partial charge in [0.1, 0.15) is 5.75 Å². The molecule has 0 aromatic heterocycles. The van der Waals surface area contributed by atoms with Crippen molar-refractivity contribution in [3.05, 3.63) is 28.8 Å². The van der Waals surface area contributed by atoms with Crippen molar-refractivity contribution in [2.75, 3.05) is 6.61 Å². The monoisotopic (exact) mass is 231 g/mol. The molecule has 0 fully saturated rings. The van der Waals surface area contributed by atoms with Crippen LogP contribution >= 0.6 is 0 Å². The fourth-order valence-corrected chi connectivity index (χ4v) is 3.18. The second kappa shape index (κ2) is 3.76. The summed E-state index contributed by atoms with van der Waals surface area (Å²) in [5.41, 5.74) is 9.50. The first-order valence-corrected chi connectivity index (χ1v) is 6.25. The van der Waals surface area contributed by atoms with Gasteiger partial charge in [0.2, 0.25) is 5.91 Å². The zero-order valence-electron chi connectivity index (χ0n) is 10.0. The van der Waals surface area contributed by atoms with E-state index in [4.69, 9.17) is 10.5 Å². The van der Waals surface area contributed by atoms with Crippen molar-refractivity contribution in [1.82, 2.24) is 0 Å². The van der Waals surface area contributed by atoms with Crippen LogP contribution < -0.4 is 10.5 Å². The maximum absolute atomic E-state index is 11.4. The van der Waals surface area contributed by atoms with Crippen LogP contribution in [0.1, 0.15) is 36.0 Å². The molecule has 1 aromatic rings. The first-order chi connectivity index (χ1) is 8.18. The molecule has 3 rings (SSSR count). The summed E-state index contributed by atoms with van der Waals surface area (Å²) in [4.78, 5) is 11.4. The molecule has 0 radical (unpaired) electrons. The molecule has 1 aromatic carbocycles. The average molecular weight is 231 g/mol. The Balaban J connectivity index is 2.06. The standard InChI is InChI=1S/C14H17NO2/c1-8(14(15)16)10-4-2-9-3-5-12-11(13(9)10)6-7-17-12/h3,5,8,10H,2,4,6-7H2,1H3,(H2,15,16)/t8-,10?/m0/s1. The lowest BCUT2D eigenvalue weighted by atomic mass is 9.85. The summed E-state index contributed by atoms with van der Waals surface area (Å²) in [6, 6.07) is 4.21. The van der Waals surface area contributed by atoms with Crippen LogP contribution in [0.2, 0.25) is 0 Å². The molecule has 3 nitrogen and oxygen atoms in total. The highest BCUT2D eigenvalue weighted by molar-refractivity contribution is 5.78. The molecule has 0 saturated carbocycles. The molecule has 0 saturated heterocycles. The number of fused-ring (bicyclic) bond motifs is 3. The van der Waals surface area contributed by atoms with Gasteiger partial charge in [-0.1, -0.05) is 13.0 Å². The summed E-state index contributed by atoms with van der Waals surface area (Å²) in [5.74, 6) is 1.02. The normalized spacial score (nSPS) is 22.8. The van der Waals surface area contributed by atoms with Gasteiger partial charge in [-0.15, -0.1) is 0 Å². The van der Waals surface area contributed by atoms with Gasteiger partial charge < -0.3 is 10.5 Å². The van der Waals surface area contributed by atoms with E-state index in [1.54, 1.807) is 0 Å². The van der Waals surface area contributed by atoms with E-state index in [0.717, 1.165) is 31.6 Å². The third-order valence-electron chi connectivity index (χ3n) is 4.16. The molecule has 2 atom stereocenters. The molecule has 1 amide bonds. The zero-order chi connectivity index (χ0) is 12.0. The van der Waals surface area contributed by atoms with E-state index >= 15 is 0 Å². The zero-order valence-corrected chi connectivity index (χ0v) is 10.0. The number of hydrogen-bond acceptors (Lipinski definition) is 2. The van der Waals surface area contributed by atoms with Crippen molar-refractivity contribution in [2.45, 2.75) is 32.1 Å². The van der Waals surface area contributed by atoms with Crippen molar-refractivity contribution < 1.29 is 9.53 Å². The minimum absolute atomic E-state index is 0.0802. The number of hydrogen-bond donors (Lipinski definition) is 1. The van der Waals surface area contributed by atoms with E-state index in [0.29, 0.717) is 5.92 Å². The Morgan fingerprint density at radius 1 is 1.47 bits per heavy atom. The summed E-state index contributed by atoms with van der Waals surface area (Å²) in [6.45, 7) is 2.71. The van der Waals surface area contributed by atoms with Crippen molar-refractivity contribution in [3.8, 4) is 5.75 Å². The van der Waals surface area contributed by atoms with Crippen LogP contribution in [0.15, 0.2) is 12.1 Å². The summed E-state index contributed by atoms with van der Waals surface area (Å²) in [7, 11) is 0. The lowest BCUT2D eigenvalue weighted by Crippen LogP contribution is -2.25. The summed E-state index contributed by atoms with van der Waals surface area (Å²) >= 11 is 0. The Labute approximate surface area is 101 Å². The van der Waals surface area contributed by atoms with Crippen LogP contribution in [0.25, 0.3) is 0 Å². The number of aryl methyl sites for hydroxylation is 1. The second-order valence-electron chi connectivity index (χ2n) is 5.05. The number of amides is 1. The number of rotatable bonds is 2. The van der Waals surface area contributed by atoms with Gasteiger partial charge in [-0.05, 0) is 36.0 Å². The first kappa shape index (κ1) is 10.6. The molecule has 2 N–H and O–H groups in total. The molecule has 17 heavy (non-hydrogen) atoms. The average Bonchev–Trinajstić information content (AvgIpc) is 2.92. The van der Waals surface area contributed by atoms with E-state index in [2.05, 4.69) is 12.1 Å². The maximum Gasteiger partial charge on any atom is 0.220 e. The van der Waals surface area contributed by atoms with Gasteiger partial charge in [0.25, 0.3) is 0 Å². The van der Waals surface area contributed by atoms with Gasteiger partial charge >= 0.3 is 0 Å². The number of carbonyl (C=O) groups excluding carboxylic acids is 1. The Morgan fingerprint density at radius 3 is 3.06 bits per heavy atom. The number of carbonyl (C=O) groups is 1. The highest BCUT2D eigenvalue weighted by atomic mass is 16.5. The number of nitrogens with two attached hydrogens (primary N) is 1. The fourth-order valence-electron chi connectivity index (χ4n) is 3.18. The third kappa shape index (κ3) is 1.53. The van der Waals surface area contributed by atoms with Crippen molar-refractivity contribution in [1.29, 1.82) is 0 Å². The topological polar surface area (TPSA) is 52.3 Å². The molecule has 1 aliphatic carbocycles. The minimum Gasteiger partial charge on any atom is -0.493 e. The Hall–Kier alpha value is -1.51. The van der Waals surface area contributed by atoms with Gasteiger partial charge in [0, 0.05) is 17.9 Å². The maximum atomic E-state index is 11.4. The van der Waals surface area contributed by atoms with Crippen LogP contribution in [0.4, 0.5) is 0 Å². The molecule has 1 unspecified atom stereocenters. The Morgan fingerprint density at radius 2 is 2.29 bits per heavy atom. The lowest BCUT2D eigenvalue weighted by molar-refractivity contribution is -0.121. The number of primary amides is 1. The Kier molecular flexibility index (Phi) is 2.35. The van der Waals surface area contributed by atoms with Crippen molar-refractivity contribution in [3.63, 3.8) is 0 Å². The SMILES string of the molecule is C[C@H](C(N)=O)C1CCc2ccc3c(c21)CCO3. The van der Waals surface area contributed by atoms with Crippen LogP contribution in [-0.4, -0.2) is 12.5 Å². The van der Waals surface area contributed by atoms with Gasteiger partial charge in [0.05, 0.1) is 6.61 Å². The molecule has 0 spiro atoms. The number of benzene rings is 1. The molecular formula is C14H17NO2. The molecule has 0 bridgehead atoms. The van der Waals surface area contributed by atoms with E-state index in [1.165, 1.54) is 16.7 Å². The Bertz CT molecular complexity index is 481. The smallest absolute Gasteiger partial charge is 0.220 e. The predicted molar refractivity (Wildman–Crippen MR) is 65.1 cm³/mol. The van der Waals surface area contributed by atoms with Crippen LogP contribution in [-0.2, 0) is 17.6 Å². The minimum atomic E-state index is -0.195. The quantitative estimate of drug-likeness (QED) is 0.843. The second-order valence-corrected chi connectivity index (χ2v) is 5.05. The number of ether oxygens (including phenoxy) is 1. The van der Waals surface area contributed by atoms with E-state index < -0.39 is 0 Å². The molecule has 1 aliphatic heterocycles. The van der Waals surface area contributed by atoms with Crippen molar-refractivity contribution in [2.24, 2.45) is 11.7 Å². The fraction of sp³-hybridized carbons (Fsp3) is 0.500. The van der Waals surface area contributed by atoms with E-state index in [9.17, 15) is 4.79 Å². The van der Waals surface area contributed by atoms with E-state index in [1.807, 2.05) is 6.92 Å². The lowest BCUT2D eigenvalue weighted by Gasteiger charge is -2.19. The summed E-state index contributed by atoms with van der Waals surface area (Å²) < 4.78 is 5.60. The third-order valence-corrected chi connectivity index (χ3v) is 4.16. The van der Waals surface area contributed by atoms with Crippen LogP contribution in [0.5, 0.6) is 5.75 Å². The largest absolute Gasteiger partial charge is 0.493 e. The molecule has 1 heterocycles. The van der Waals surface area contributed by atoms with Gasteiger partial charge in [0.15, 0.2) is 0 Å². The van der Waals surface area contributed by atoms with Gasteiger partial charge in [-0.2, -0.15) is 0 Å². The molecular weight excluding hydrogens is 214 g/mol. The van der Waals surface area contributed by atoms with Crippen LogP contribution in [0, 0.1) is 5.92 Å². The molecule has 90 valence electrons. The van der Waals surface area contributed by atoms with Crippen molar-refractivity contribution >= 4 is 5.91 Å².